The van der Waals surface area contributed by atoms with Crippen LogP contribution in [0, 0.1) is 0 Å². The van der Waals surface area contributed by atoms with E-state index in [1.54, 1.807) is 91.0 Å². The molecule has 0 radical (unpaired) electrons. The lowest BCUT2D eigenvalue weighted by Gasteiger charge is -2.13. The van der Waals surface area contributed by atoms with Gasteiger partial charge in [-0.25, -0.2) is 4.98 Å². The van der Waals surface area contributed by atoms with Gasteiger partial charge >= 0.3 is 0 Å². The Hall–Kier alpha value is -4.80. The molecule has 1 aromatic heterocycles. The summed E-state index contributed by atoms with van der Waals surface area (Å²) in [6.07, 6.45) is 3.01. The fourth-order valence-electron chi connectivity index (χ4n) is 3.66. The Kier molecular flexibility index (Phi) is 10.6. The first kappa shape index (κ1) is 30.2. The van der Waals surface area contributed by atoms with Crippen molar-refractivity contribution in [3.63, 3.8) is 0 Å². The number of carbonyl (C=O) groups excluding carboxylic acids is 3. The summed E-state index contributed by atoms with van der Waals surface area (Å²) >= 11 is 7.15. The maximum absolute atomic E-state index is 13.3. The number of hydrogen-bond acceptors (Lipinski definition) is 7. The Balaban J connectivity index is 1.44. The number of hydrogen-bond donors (Lipinski definition) is 3. The molecule has 0 saturated carbocycles. The molecule has 11 heteroatoms. The summed E-state index contributed by atoms with van der Waals surface area (Å²) in [6, 6.07) is 24.0. The van der Waals surface area contributed by atoms with Crippen molar-refractivity contribution in [1.29, 1.82) is 0 Å². The summed E-state index contributed by atoms with van der Waals surface area (Å²) in [5.74, 6) is 0.420. The van der Waals surface area contributed by atoms with E-state index < -0.39 is 11.8 Å². The number of ether oxygens (including phenoxy) is 2. The lowest BCUT2D eigenvalue weighted by Crippen LogP contribution is -2.30. The van der Waals surface area contributed by atoms with Crippen LogP contribution < -0.4 is 25.4 Å². The molecule has 9 nitrogen and oxygen atoms in total. The Morgan fingerprint density at radius 2 is 1.62 bits per heavy atom. The van der Waals surface area contributed by atoms with Crippen molar-refractivity contribution < 1.29 is 23.9 Å². The number of nitrogens with zero attached hydrogens (tertiary/aromatic N) is 1. The second-order valence-electron chi connectivity index (χ2n) is 8.67. The summed E-state index contributed by atoms with van der Waals surface area (Å²) < 4.78 is 10.7. The van der Waals surface area contributed by atoms with Crippen molar-refractivity contribution >= 4 is 58.7 Å². The summed E-state index contributed by atoms with van der Waals surface area (Å²) in [5.41, 5.74) is 1.55. The van der Waals surface area contributed by atoms with E-state index in [0.29, 0.717) is 39.2 Å². The monoisotopic (exact) mass is 602 g/mol. The lowest BCUT2D eigenvalue weighted by atomic mass is 10.1. The van der Waals surface area contributed by atoms with Gasteiger partial charge in [-0.1, -0.05) is 35.9 Å². The average molecular weight is 603 g/mol. The van der Waals surface area contributed by atoms with Crippen molar-refractivity contribution in [2.75, 3.05) is 30.6 Å². The standard InChI is InChI=1S/C31H27ClN4O5S/c1-40-26-14-8-20(17-27(26)41-2)16-25(35-30(38)21-6-4-3-5-7-21)31(39)34-23-10-12-24(13-11-23)42-19-29(37)36-28-15-9-22(32)18-33-28/h3-18H,19H2,1-2H3,(H,34,39)(H,35,38)(H,33,36,37)/b25-16-. The minimum atomic E-state index is -0.524. The van der Waals surface area contributed by atoms with Gasteiger partial charge in [0.25, 0.3) is 11.8 Å². The zero-order valence-corrected chi connectivity index (χ0v) is 24.3. The molecule has 0 atom stereocenters. The molecule has 1 heterocycles. The van der Waals surface area contributed by atoms with E-state index in [1.807, 2.05) is 0 Å². The fraction of sp³-hybridized carbons (Fsp3) is 0.0968. The fourth-order valence-corrected chi connectivity index (χ4v) is 4.47. The number of aromatic nitrogens is 1. The quantitative estimate of drug-likeness (QED) is 0.145. The van der Waals surface area contributed by atoms with Crippen LogP contribution in [0.25, 0.3) is 6.08 Å². The minimum absolute atomic E-state index is 0.0296. The molecule has 0 aliphatic rings. The van der Waals surface area contributed by atoms with E-state index in [2.05, 4.69) is 20.9 Å². The molecule has 3 aromatic carbocycles. The lowest BCUT2D eigenvalue weighted by molar-refractivity contribution is -0.114. The average Bonchev–Trinajstić information content (AvgIpc) is 3.01. The predicted molar refractivity (Wildman–Crippen MR) is 165 cm³/mol. The van der Waals surface area contributed by atoms with Crippen LogP contribution in [0.2, 0.25) is 5.02 Å². The van der Waals surface area contributed by atoms with Crippen LogP contribution in [-0.4, -0.2) is 42.7 Å². The number of methoxy groups -OCH3 is 2. The zero-order chi connectivity index (χ0) is 29.9. The highest BCUT2D eigenvalue weighted by Crippen LogP contribution is 2.28. The summed E-state index contributed by atoms with van der Waals surface area (Å²) in [5, 5.41) is 8.72. The predicted octanol–water partition coefficient (Wildman–Crippen LogP) is 5.89. The molecule has 0 fully saturated rings. The van der Waals surface area contributed by atoms with Crippen LogP contribution in [0.1, 0.15) is 15.9 Å². The molecule has 214 valence electrons. The molecular weight excluding hydrogens is 576 g/mol. The molecule has 0 aliphatic heterocycles. The van der Waals surface area contributed by atoms with Gasteiger partial charge in [0.2, 0.25) is 5.91 Å². The molecule has 4 aromatic rings. The Morgan fingerprint density at radius 3 is 2.29 bits per heavy atom. The van der Waals surface area contributed by atoms with Gasteiger partial charge in [-0.05, 0) is 72.3 Å². The van der Waals surface area contributed by atoms with Gasteiger partial charge in [-0.3, -0.25) is 14.4 Å². The number of pyridine rings is 1. The molecule has 0 aliphatic carbocycles. The second kappa shape index (κ2) is 14.7. The van der Waals surface area contributed by atoms with Gasteiger partial charge in [0.1, 0.15) is 11.5 Å². The van der Waals surface area contributed by atoms with Crippen LogP contribution in [0.4, 0.5) is 11.5 Å². The van der Waals surface area contributed by atoms with E-state index in [0.717, 1.165) is 4.90 Å². The first-order valence-electron chi connectivity index (χ1n) is 12.6. The number of thioether (sulfide) groups is 1. The molecule has 0 unspecified atom stereocenters. The van der Waals surface area contributed by atoms with Gasteiger partial charge in [-0.2, -0.15) is 0 Å². The number of benzene rings is 3. The van der Waals surface area contributed by atoms with Crippen LogP contribution in [0.3, 0.4) is 0 Å². The van der Waals surface area contributed by atoms with E-state index >= 15 is 0 Å². The third kappa shape index (κ3) is 8.60. The topological polar surface area (TPSA) is 119 Å². The van der Waals surface area contributed by atoms with Crippen molar-refractivity contribution in [2.45, 2.75) is 4.90 Å². The maximum Gasteiger partial charge on any atom is 0.272 e. The van der Waals surface area contributed by atoms with Crippen LogP contribution in [0.5, 0.6) is 11.5 Å². The van der Waals surface area contributed by atoms with Gasteiger partial charge in [0.15, 0.2) is 11.5 Å². The molecule has 4 rings (SSSR count). The summed E-state index contributed by atoms with van der Waals surface area (Å²) in [6.45, 7) is 0. The van der Waals surface area contributed by atoms with Gasteiger partial charge < -0.3 is 25.4 Å². The van der Waals surface area contributed by atoms with Gasteiger partial charge in [-0.15, -0.1) is 11.8 Å². The minimum Gasteiger partial charge on any atom is -0.493 e. The smallest absolute Gasteiger partial charge is 0.272 e. The second-order valence-corrected chi connectivity index (χ2v) is 10.2. The van der Waals surface area contributed by atoms with Crippen molar-refractivity contribution in [3.8, 4) is 11.5 Å². The third-order valence-electron chi connectivity index (χ3n) is 5.72. The van der Waals surface area contributed by atoms with E-state index in [1.165, 1.54) is 32.2 Å². The number of amides is 3. The van der Waals surface area contributed by atoms with Crippen LogP contribution in [-0.2, 0) is 9.59 Å². The zero-order valence-electron chi connectivity index (χ0n) is 22.7. The molecule has 0 bridgehead atoms. The number of rotatable bonds is 11. The molecule has 3 N–H and O–H groups in total. The number of nitrogens with one attached hydrogen (secondary N) is 3. The molecule has 0 saturated heterocycles. The molecular formula is C31H27ClN4O5S. The van der Waals surface area contributed by atoms with E-state index in [9.17, 15) is 14.4 Å². The highest BCUT2D eigenvalue weighted by Gasteiger charge is 2.16. The Morgan fingerprint density at radius 1 is 0.881 bits per heavy atom. The molecule has 42 heavy (non-hydrogen) atoms. The first-order valence-corrected chi connectivity index (χ1v) is 14.0. The first-order chi connectivity index (χ1) is 20.3. The van der Waals surface area contributed by atoms with E-state index in [-0.39, 0.29) is 17.4 Å². The van der Waals surface area contributed by atoms with Crippen molar-refractivity contribution in [1.82, 2.24) is 10.3 Å². The van der Waals surface area contributed by atoms with Crippen molar-refractivity contribution in [2.24, 2.45) is 0 Å². The number of carbonyl (C=O) groups is 3. The number of halogens is 1. The normalized spacial score (nSPS) is 10.9. The Labute approximate surface area is 252 Å². The van der Waals surface area contributed by atoms with Crippen molar-refractivity contribution in [3.05, 3.63) is 113 Å². The largest absolute Gasteiger partial charge is 0.493 e. The molecule has 3 amide bonds. The van der Waals surface area contributed by atoms with Gasteiger partial charge in [0, 0.05) is 22.3 Å². The maximum atomic E-state index is 13.3. The summed E-state index contributed by atoms with van der Waals surface area (Å²) in [7, 11) is 3.05. The molecule has 0 spiro atoms. The summed E-state index contributed by atoms with van der Waals surface area (Å²) in [4.78, 5) is 43.4. The van der Waals surface area contributed by atoms with Crippen LogP contribution in [0.15, 0.2) is 102 Å². The third-order valence-corrected chi connectivity index (χ3v) is 6.96. The van der Waals surface area contributed by atoms with Gasteiger partial charge in [0.05, 0.1) is 25.0 Å². The highest BCUT2D eigenvalue weighted by atomic mass is 35.5. The Bertz CT molecular complexity index is 1580. The SMILES string of the molecule is COc1ccc(/C=C(\NC(=O)c2ccccc2)C(=O)Nc2ccc(SCC(=O)Nc3ccc(Cl)cn3)cc2)cc1OC. The van der Waals surface area contributed by atoms with Crippen LogP contribution >= 0.6 is 23.4 Å². The van der Waals surface area contributed by atoms with E-state index in [4.69, 9.17) is 21.1 Å². The highest BCUT2D eigenvalue weighted by molar-refractivity contribution is 8.00. The number of anilines is 2.